The highest BCUT2D eigenvalue weighted by Crippen LogP contribution is 2.24. The SMILES string of the molecule is Cl.NCC(=O)NC1CN[C@H](C(=O)Nc2ccc(SCc3ccccc3)cc2)C1. The molecule has 0 bridgehead atoms. The molecule has 0 spiro atoms. The van der Waals surface area contributed by atoms with E-state index in [0.29, 0.717) is 13.0 Å². The van der Waals surface area contributed by atoms with E-state index in [-0.39, 0.29) is 42.8 Å². The quantitative estimate of drug-likeness (QED) is 0.515. The van der Waals surface area contributed by atoms with Crippen LogP contribution < -0.4 is 21.7 Å². The van der Waals surface area contributed by atoms with Crippen molar-refractivity contribution in [3.8, 4) is 0 Å². The first-order valence-electron chi connectivity index (χ1n) is 8.94. The van der Waals surface area contributed by atoms with Gasteiger partial charge in [-0.1, -0.05) is 30.3 Å². The number of amides is 2. The molecule has 0 saturated carbocycles. The van der Waals surface area contributed by atoms with Gasteiger partial charge in [0, 0.05) is 28.9 Å². The molecule has 6 nitrogen and oxygen atoms in total. The molecule has 0 aromatic heterocycles. The molecule has 0 aliphatic carbocycles. The summed E-state index contributed by atoms with van der Waals surface area (Å²) in [6, 6.07) is 17.8. The van der Waals surface area contributed by atoms with Crippen LogP contribution in [0.25, 0.3) is 0 Å². The molecule has 150 valence electrons. The molecule has 2 aromatic carbocycles. The number of thioether (sulfide) groups is 1. The van der Waals surface area contributed by atoms with Gasteiger partial charge < -0.3 is 21.7 Å². The van der Waals surface area contributed by atoms with Gasteiger partial charge in [0.2, 0.25) is 11.8 Å². The highest BCUT2D eigenvalue weighted by Gasteiger charge is 2.30. The summed E-state index contributed by atoms with van der Waals surface area (Å²) in [7, 11) is 0. The maximum absolute atomic E-state index is 12.4. The molecule has 3 rings (SSSR count). The number of hydrogen-bond acceptors (Lipinski definition) is 5. The Morgan fingerprint density at radius 2 is 1.82 bits per heavy atom. The molecule has 1 heterocycles. The van der Waals surface area contributed by atoms with Crippen LogP contribution in [0.15, 0.2) is 59.5 Å². The van der Waals surface area contributed by atoms with Crippen LogP contribution >= 0.6 is 24.2 Å². The van der Waals surface area contributed by atoms with Crippen LogP contribution in [-0.4, -0.2) is 37.0 Å². The lowest BCUT2D eigenvalue weighted by molar-refractivity contribution is -0.121. The molecule has 1 aliphatic heterocycles. The van der Waals surface area contributed by atoms with Gasteiger partial charge in [0.1, 0.15) is 0 Å². The van der Waals surface area contributed by atoms with E-state index < -0.39 is 0 Å². The van der Waals surface area contributed by atoms with E-state index in [9.17, 15) is 9.59 Å². The fourth-order valence-corrected chi connectivity index (χ4v) is 3.79. The summed E-state index contributed by atoms with van der Waals surface area (Å²) in [5, 5.41) is 8.86. The Bertz CT molecular complexity index is 774. The molecule has 2 atom stereocenters. The van der Waals surface area contributed by atoms with E-state index in [4.69, 9.17) is 5.73 Å². The standard InChI is InChI=1S/C20H24N4O2S.ClH/c21-11-19(25)23-16-10-18(22-12-16)20(26)24-15-6-8-17(9-7-15)27-13-14-4-2-1-3-5-14;/h1-9,16,18,22H,10-13,21H2,(H,23,25)(H,24,26);1H/t16?,18-;/m0./s1. The Balaban J connectivity index is 0.00000280. The van der Waals surface area contributed by atoms with E-state index in [1.807, 2.05) is 42.5 Å². The number of hydrogen-bond donors (Lipinski definition) is 4. The van der Waals surface area contributed by atoms with Gasteiger partial charge in [-0.3, -0.25) is 9.59 Å². The minimum absolute atomic E-state index is 0. The van der Waals surface area contributed by atoms with Crippen LogP contribution in [0.4, 0.5) is 5.69 Å². The summed E-state index contributed by atoms with van der Waals surface area (Å²) in [4.78, 5) is 24.9. The largest absolute Gasteiger partial charge is 0.351 e. The third kappa shape index (κ3) is 6.53. The Morgan fingerprint density at radius 3 is 2.50 bits per heavy atom. The van der Waals surface area contributed by atoms with Crippen LogP contribution in [0, 0.1) is 0 Å². The lowest BCUT2D eigenvalue weighted by atomic mass is 10.1. The first-order chi connectivity index (χ1) is 13.1. The van der Waals surface area contributed by atoms with Crippen LogP contribution in [0.2, 0.25) is 0 Å². The Labute approximate surface area is 175 Å². The van der Waals surface area contributed by atoms with Crippen molar-refractivity contribution in [2.45, 2.75) is 29.2 Å². The predicted octanol–water partition coefficient (Wildman–Crippen LogP) is 2.14. The molecule has 1 fully saturated rings. The summed E-state index contributed by atoms with van der Waals surface area (Å²) in [6.07, 6.45) is 0.558. The van der Waals surface area contributed by atoms with E-state index in [1.165, 1.54) is 5.56 Å². The number of anilines is 1. The van der Waals surface area contributed by atoms with E-state index >= 15 is 0 Å². The summed E-state index contributed by atoms with van der Waals surface area (Å²) >= 11 is 1.76. The molecule has 2 aromatic rings. The number of carbonyl (C=O) groups excluding carboxylic acids is 2. The monoisotopic (exact) mass is 420 g/mol. The Morgan fingerprint density at radius 1 is 1.11 bits per heavy atom. The Kier molecular flexibility index (Phi) is 8.79. The van der Waals surface area contributed by atoms with Gasteiger partial charge in [0.25, 0.3) is 0 Å². The van der Waals surface area contributed by atoms with Crippen LogP contribution in [0.3, 0.4) is 0 Å². The van der Waals surface area contributed by atoms with Crippen molar-refractivity contribution in [2.75, 3.05) is 18.4 Å². The molecular weight excluding hydrogens is 396 g/mol. The minimum atomic E-state index is -0.319. The summed E-state index contributed by atoms with van der Waals surface area (Å²) in [5.41, 5.74) is 7.35. The number of rotatable bonds is 7. The lowest BCUT2D eigenvalue weighted by Gasteiger charge is -2.12. The molecule has 0 radical (unpaired) electrons. The smallest absolute Gasteiger partial charge is 0.241 e. The van der Waals surface area contributed by atoms with Gasteiger partial charge in [-0.15, -0.1) is 24.2 Å². The van der Waals surface area contributed by atoms with Crippen molar-refractivity contribution in [3.63, 3.8) is 0 Å². The summed E-state index contributed by atoms with van der Waals surface area (Å²) < 4.78 is 0. The second-order valence-corrected chi connectivity index (χ2v) is 7.50. The molecular formula is C20H25ClN4O2S. The van der Waals surface area contributed by atoms with Crippen molar-refractivity contribution >= 4 is 41.7 Å². The van der Waals surface area contributed by atoms with E-state index in [2.05, 4.69) is 28.1 Å². The molecule has 1 aliphatic rings. The van der Waals surface area contributed by atoms with Gasteiger partial charge in [-0.25, -0.2) is 0 Å². The molecule has 1 saturated heterocycles. The summed E-state index contributed by atoms with van der Waals surface area (Å²) in [5.74, 6) is 0.615. The second-order valence-electron chi connectivity index (χ2n) is 6.45. The maximum atomic E-state index is 12.4. The van der Waals surface area contributed by atoms with Crippen molar-refractivity contribution in [1.82, 2.24) is 10.6 Å². The average molecular weight is 421 g/mol. The first kappa shape index (κ1) is 22.2. The lowest BCUT2D eigenvalue weighted by Crippen LogP contribution is -2.39. The topological polar surface area (TPSA) is 96.2 Å². The van der Waals surface area contributed by atoms with Gasteiger partial charge in [-0.05, 0) is 36.2 Å². The van der Waals surface area contributed by atoms with Crippen LogP contribution in [0.1, 0.15) is 12.0 Å². The van der Waals surface area contributed by atoms with Crippen molar-refractivity contribution in [3.05, 3.63) is 60.2 Å². The normalized spacial score (nSPS) is 18.2. The fourth-order valence-electron chi connectivity index (χ4n) is 2.94. The average Bonchev–Trinajstić information content (AvgIpc) is 3.17. The van der Waals surface area contributed by atoms with Gasteiger partial charge >= 0.3 is 0 Å². The number of carbonyl (C=O) groups is 2. The van der Waals surface area contributed by atoms with Gasteiger partial charge in [0.15, 0.2) is 0 Å². The molecule has 8 heteroatoms. The van der Waals surface area contributed by atoms with Crippen molar-refractivity contribution in [1.29, 1.82) is 0 Å². The Hall–Kier alpha value is -2.06. The predicted molar refractivity (Wildman–Crippen MR) is 116 cm³/mol. The molecule has 28 heavy (non-hydrogen) atoms. The zero-order valence-electron chi connectivity index (χ0n) is 15.4. The first-order valence-corrected chi connectivity index (χ1v) is 9.93. The molecule has 1 unspecified atom stereocenters. The third-order valence-corrected chi connectivity index (χ3v) is 5.45. The molecule has 2 amide bonds. The van der Waals surface area contributed by atoms with Gasteiger partial charge in [0.05, 0.1) is 12.6 Å². The van der Waals surface area contributed by atoms with Crippen molar-refractivity contribution in [2.24, 2.45) is 5.73 Å². The van der Waals surface area contributed by atoms with Crippen molar-refractivity contribution < 1.29 is 9.59 Å². The van der Waals surface area contributed by atoms with Crippen LogP contribution in [-0.2, 0) is 15.3 Å². The number of halogens is 1. The van der Waals surface area contributed by atoms with E-state index in [1.54, 1.807) is 11.8 Å². The number of nitrogens with one attached hydrogen (secondary N) is 3. The maximum Gasteiger partial charge on any atom is 0.241 e. The van der Waals surface area contributed by atoms with Gasteiger partial charge in [-0.2, -0.15) is 0 Å². The number of nitrogens with two attached hydrogens (primary N) is 1. The highest BCUT2D eigenvalue weighted by molar-refractivity contribution is 7.98. The van der Waals surface area contributed by atoms with E-state index in [0.717, 1.165) is 16.3 Å². The summed E-state index contributed by atoms with van der Waals surface area (Å²) in [6.45, 7) is 0.529. The highest BCUT2D eigenvalue weighted by atomic mass is 35.5. The number of benzene rings is 2. The zero-order chi connectivity index (χ0) is 19.1. The second kappa shape index (κ2) is 11.1. The van der Waals surface area contributed by atoms with Crippen LogP contribution in [0.5, 0.6) is 0 Å². The minimum Gasteiger partial charge on any atom is -0.351 e. The third-order valence-electron chi connectivity index (χ3n) is 4.37. The molecule has 5 N–H and O–H groups in total. The zero-order valence-corrected chi connectivity index (χ0v) is 17.0. The fraction of sp³-hybridized carbons (Fsp3) is 0.300.